The number of carbonyl (C=O) groups excluding carboxylic acids is 1. The van der Waals surface area contributed by atoms with E-state index >= 15 is 0 Å². The number of benzene rings is 1. The minimum Gasteiger partial charge on any atom is -0.320 e. The van der Waals surface area contributed by atoms with Crippen LogP contribution < -0.4 is 10.6 Å². The predicted octanol–water partition coefficient (Wildman–Crippen LogP) is 2.25. The molecule has 17 heavy (non-hydrogen) atoms. The van der Waals surface area contributed by atoms with Gasteiger partial charge >= 0.3 is 0 Å². The van der Waals surface area contributed by atoms with Crippen LogP contribution in [0.5, 0.6) is 0 Å². The molecule has 0 fully saturated rings. The summed E-state index contributed by atoms with van der Waals surface area (Å²) in [6.07, 6.45) is 2.17. The third-order valence-corrected chi connectivity index (χ3v) is 2.67. The maximum atomic E-state index is 12.1. The zero-order valence-electron chi connectivity index (χ0n) is 10.5. The molecule has 92 valence electrons. The van der Waals surface area contributed by atoms with E-state index in [4.69, 9.17) is 5.73 Å². The van der Waals surface area contributed by atoms with Gasteiger partial charge < -0.3 is 10.6 Å². The van der Waals surface area contributed by atoms with Gasteiger partial charge in [-0.3, -0.25) is 4.79 Å². The van der Waals surface area contributed by atoms with Gasteiger partial charge in [0.15, 0.2) is 0 Å². The lowest BCUT2D eigenvalue weighted by molar-refractivity contribution is -0.119. The molecular formula is C14H20N2O. The summed E-state index contributed by atoms with van der Waals surface area (Å²) in [6.45, 7) is 8.18. The fourth-order valence-electron chi connectivity index (χ4n) is 1.67. The molecule has 0 heterocycles. The molecule has 0 saturated heterocycles. The Labute approximate surface area is 103 Å². The van der Waals surface area contributed by atoms with Crippen LogP contribution in [0.15, 0.2) is 36.9 Å². The van der Waals surface area contributed by atoms with E-state index in [0.29, 0.717) is 13.0 Å². The maximum absolute atomic E-state index is 12.1. The Kier molecular flexibility index (Phi) is 4.91. The number of aryl methyl sites for hydroxylation is 1. The largest absolute Gasteiger partial charge is 0.320 e. The van der Waals surface area contributed by atoms with Gasteiger partial charge in [0.2, 0.25) is 5.91 Å². The highest BCUT2D eigenvalue weighted by atomic mass is 16.2. The molecule has 1 atom stereocenters. The second kappa shape index (κ2) is 6.21. The molecule has 0 aromatic heterocycles. The summed E-state index contributed by atoms with van der Waals surface area (Å²) in [5.74, 6) is -0.0590. The molecule has 2 N–H and O–H groups in total. The van der Waals surface area contributed by atoms with E-state index in [1.807, 2.05) is 38.1 Å². The Hall–Kier alpha value is -1.61. The molecule has 1 unspecified atom stereocenters. The minimum atomic E-state index is -0.506. The van der Waals surface area contributed by atoms with E-state index in [-0.39, 0.29) is 5.91 Å². The number of nitrogens with zero attached hydrogens (tertiary/aromatic N) is 1. The molecule has 1 rings (SSSR count). The van der Waals surface area contributed by atoms with Gasteiger partial charge in [-0.1, -0.05) is 23.8 Å². The van der Waals surface area contributed by atoms with E-state index in [1.54, 1.807) is 11.0 Å². The van der Waals surface area contributed by atoms with E-state index in [9.17, 15) is 4.79 Å². The summed E-state index contributed by atoms with van der Waals surface area (Å²) >= 11 is 0. The van der Waals surface area contributed by atoms with Crippen LogP contribution >= 0.6 is 0 Å². The maximum Gasteiger partial charge on any atom is 0.244 e. The number of likely N-dealkylation sites (N-methyl/N-ethyl adjacent to an activating group) is 1. The smallest absolute Gasteiger partial charge is 0.244 e. The topological polar surface area (TPSA) is 46.3 Å². The Morgan fingerprint density at radius 2 is 2.06 bits per heavy atom. The van der Waals surface area contributed by atoms with Gasteiger partial charge in [-0.25, -0.2) is 0 Å². The number of carbonyl (C=O) groups is 1. The fraction of sp³-hybridized carbons (Fsp3) is 0.357. The van der Waals surface area contributed by atoms with Gasteiger partial charge in [-0.15, -0.1) is 6.58 Å². The molecule has 0 aliphatic carbocycles. The lowest BCUT2D eigenvalue weighted by Gasteiger charge is -2.24. The van der Waals surface area contributed by atoms with Crippen molar-refractivity contribution in [3.63, 3.8) is 0 Å². The monoisotopic (exact) mass is 232 g/mol. The molecular weight excluding hydrogens is 212 g/mol. The van der Waals surface area contributed by atoms with Crippen molar-refractivity contribution in [2.75, 3.05) is 11.4 Å². The van der Waals surface area contributed by atoms with Crippen molar-refractivity contribution in [3.8, 4) is 0 Å². The summed E-state index contributed by atoms with van der Waals surface area (Å²) < 4.78 is 0. The van der Waals surface area contributed by atoms with Crippen LogP contribution in [0.2, 0.25) is 0 Å². The number of nitrogens with two attached hydrogens (primary N) is 1. The molecule has 3 nitrogen and oxygen atoms in total. The van der Waals surface area contributed by atoms with Gasteiger partial charge in [0, 0.05) is 12.2 Å². The first kappa shape index (κ1) is 13.5. The lowest BCUT2D eigenvalue weighted by Crippen LogP contribution is -2.43. The van der Waals surface area contributed by atoms with Crippen molar-refractivity contribution >= 4 is 11.6 Å². The molecule has 0 aliphatic rings. The van der Waals surface area contributed by atoms with Gasteiger partial charge in [0.1, 0.15) is 0 Å². The minimum absolute atomic E-state index is 0.0590. The van der Waals surface area contributed by atoms with Crippen LogP contribution in [0.3, 0.4) is 0 Å². The average molecular weight is 232 g/mol. The highest BCUT2D eigenvalue weighted by Gasteiger charge is 2.19. The first-order valence-electron chi connectivity index (χ1n) is 5.84. The second-order valence-electron chi connectivity index (χ2n) is 4.05. The van der Waals surface area contributed by atoms with Gasteiger partial charge in [-0.05, 0) is 32.4 Å². The molecule has 0 spiro atoms. The Bertz CT molecular complexity index is 384. The number of anilines is 1. The molecule has 1 aromatic rings. The quantitative estimate of drug-likeness (QED) is 0.791. The third-order valence-electron chi connectivity index (χ3n) is 2.67. The van der Waals surface area contributed by atoms with Crippen LogP contribution in [-0.4, -0.2) is 18.5 Å². The van der Waals surface area contributed by atoms with Crippen molar-refractivity contribution in [2.24, 2.45) is 5.73 Å². The van der Waals surface area contributed by atoms with Crippen LogP contribution in [0.1, 0.15) is 18.9 Å². The van der Waals surface area contributed by atoms with Crippen molar-refractivity contribution in [1.82, 2.24) is 0 Å². The predicted molar refractivity (Wildman–Crippen MR) is 72.0 cm³/mol. The summed E-state index contributed by atoms with van der Waals surface area (Å²) in [6, 6.07) is 7.36. The second-order valence-corrected chi connectivity index (χ2v) is 4.05. The van der Waals surface area contributed by atoms with Crippen molar-refractivity contribution in [1.29, 1.82) is 0 Å². The standard InChI is InChI=1S/C14H20N2O/c1-4-6-13(15)14(17)16(5-2)12-9-7-11(3)8-10-12/h4,7-10,13H,1,5-6,15H2,2-3H3. The summed E-state index contributed by atoms with van der Waals surface area (Å²) in [5, 5.41) is 0. The highest BCUT2D eigenvalue weighted by molar-refractivity contribution is 5.97. The first-order chi connectivity index (χ1) is 8.10. The lowest BCUT2D eigenvalue weighted by atomic mass is 10.1. The Morgan fingerprint density at radius 1 is 1.47 bits per heavy atom. The highest BCUT2D eigenvalue weighted by Crippen LogP contribution is 2.16. The van der Waals surface area contributed by atoms with Gasteiger partial charge in [0.25, 0.3) is 0 Å². The number of hydrogen-bond acceptors (Lipinski definition) is 2. The number of rotatable bonds is 5. The van der Waals surface area contributed by atoms with Crippen LogP contribution in [0.25, 0.3) is 0 Å². The molecule has 0 saturated carbocycles. The summed E-state index contributed by atoms with van der Waals surface area (Å²) in [5.41, 5.74) is 7.87. The van der Waals surface area contributed by atoms with Crippen molar-refractivity contribution in [2.45, 2.75) is 26.3 Å². The zero-order valence-corrected chi connectivity index (χ0v) is 10.5. The Morgan fingerprint density at radius 3 is 2.53 bits per heavy atom. The van der Waals surface area contributed by atoms with Crippen LogP contribution in [0, 0.1) is 6.92 Å². The molecule has 1 aromatic carbocycles. The summed E-state index contributed by atoms with van der Waals surface area (Å²) in [4.78, 5) is 13.8. The molecule has 0 aliphatic heterocycles. The normalized spacial score (nSPS) is 11.9. The Balaban J connectivity index is 2.87. The fourth-order valence-corrected chi connectivity index (χ4v) is 1.67. The third kappa shape index (κ3) is 3.43. The molecule has 0 radical (unpaired) electrons. The molecule has 1 amide bonds. The summed E-state index contributed by atoms with van der Waals surface area (Å²) in [7, 11) is 0. The van der Waals surface area contributed by atoms with E-state index < -0.39 is 6.04 Å². The van der Waals surface area contributed by atoms with Crippen molar-refractivity contribution < 1.29 is 4.79 Å². The first-order valence-corrected chi connectivity index (χ1v) is 5.84. The average Bonchev–Trinajstić information content (AvgIpc) is 2.32. The van der Waals surface area contributed by atoms with E-state index in [1.165, 1.54) is 5.56 Å². The van der Waals surface area contributed by atoms with E-state index in [0.717, 1.165) is 5.69 Å². The van der Waals surface area contributed by atoms with Gasteiger partial charge in [0.05, 0.1) is 6.04 Å². The van der Waals surface area contributed by atoms with Gasteiger partial charge in [-0.2, -0.15) is 0 Å². The molecule has 3 heteroatoms. The van der Waals surface area contributed by atoms with Crippen LogP contribution in [-0.2, 0) is 4.79 Å². The number of hydrogen-bond donors (Lipinski definition) is 1. The zero-order chi connectivity index (χ0) is 12.8. The van der Waals surface area contributed by atoms with Crippen molar-refractivity contribution in [3.05, 3.63) is 42.5 Å². The van der Waals surface area contributed by atoms with E-state index in [2.05, 4.69) is 6.58 Å². The van der Waals surface area contributed by atoms with Crippen LogP contribution in [0.4, 0.5) is 5.69 Å². The molecule has 0 bridgehead atoms. The number of amides is 1. The SMILES string of the molecule is C=CCC(N)C(=O)N(CC)c1ccc(C)cc1.